The van der Waals surface area contributed by atoms with Crippen molar-refractivity contribution in [3.8, 4) is 11.5 Å². The lowest BCUT2D eigenvalue weighted by Crippen LogP contribution is -2.51. The molecule has 2 aromatic rings. The Labute approximate surface area is 173 Å². The quantitative estimate of drug-likeness (QED) is 0.851. The highest BCUT2D eigenvalue weighted by atomic mass is 16.5. The van der Waals surface area contributed by atoms with E-state index >= 15 is 0 Å². The molecule has 2 aliphatic rings. The van der Waals surface area contributed by atoms with Gasteiger partial charge in [0, 0.05) is 18.2 Å². The molecule has 5 nitrogen and oxygen atoms in total. The third-order valence-corrected chi connectivity index (χ3v) is 6.15. The molecular formula is C24H30N2O3. The first-order valence-electron chi connectivity index (χ1n) is 10.6. The zero-order chi connectivity index (χ0) is 20.3. The second-order valence-corrected chi connectivity index (χ2v) is 8.05. The normalized spacial score (nSPS) is 23.8. The standard InChI is InChI=1S/C24H30N2O3/c1-3-28-22-11-7-5-9-20(22)23(27)26-16-18-8-4-6-10-21(18)29-24(17-26)14-12-19(25-2)13-15-24/h4-11,19,25H,3,12-17H2,1-2H3. The zero-order valence-electron chi connectivity index (χ0n) is 17.3. The van der Waals surface area contributed by atoms with Gasteiger partial charge in [0.1, 0.15) is 17.1 Å². The second kappa shape index (κ2) is 8.46. The van der Waals surface area contributed by atoms with Crippen LogP contribution in [0.2, 0.25) is 0 Å². The maximum atomic E-state index is 13.6. The number of fused-ring (bicyclic) bond motifs is 1. The van der Waals surface area contributed by atoms with E-state index in [2.05, 4.69) is 11.4 Å². The predicted octanol–water partition coefficient (Wildman–Crippen LogP) is 4.02. The summed E-state index contributed by atoms with van der Waals surface area (Å²) in [7, 11) is 2.02. The summed E-state index contributed by atoms with van der Waals surface area (Å²) in [6.07, 6.45) is 3.97. The van der Waals surface area contributed by atoms with Crippen molar-refractivity contribution < 1.29 is 14.3 Å². The van der Waals surface area contributed by atoms with Crippen LogP contribution in [-0.4, -0.2) is 42.6 Å². The van der Waals surface area contributed by atoms with Gasteiger partial charge in [0.15, 0.2) is 0 Å². The van der Waals surface area contributed by atoms with E-state index in [0.29, 0.717) is 37.1 Å². The lowest BCUT2D eigenvalue weighted by Gasteiger charge is -2.41. The Balaban J connectivity index is 1.67. The van der Waals surface area contributed by atoms with Gasteiger partial charge in [-0.1, -0.05) is 30.3 Å². The van der Waals surface area contributed by atoms with Crippen LogP contribution in [0.25, 0.3) is 0 Å². The Morgan fingerprint density at radius 1 is 1.17 bits per heavy atom. The number of nitrogens with one attached hydrogen (secondary N) is 1. The van der Waals surface area contributed by atoms with Crippen LogP contribution in [0.1, 0.15) is 48.5 Å². The first-order chi connectivity index (χ1) is 14.1. The summed E-state index contributed by atoms with van der Waals surface area (Å²) in [5.74, 6) is 1.56. The molecule has 4 rings (SSSR count). The van der Waals surface area contributed by atoms with Crippen molar-refractivity contribution in [2.75, 3.05) is 20.2 Å². The first kappa shape index (κ1) is 19.8. The van der Waals surface area contributed by atoms with Crippen molar-refractivity contribution in [3.63, 3.8) is 0 Å². The van der Waals surface area contributed by atoms with Crippen LogP contribution >= 0.6 is 0 Å². The molecule has 1 amide bonds. The van der Waals surface area contributed by atoms with Crippen LogP contribution in [0.5, 0.6) is 11.5 Å². The van der Waals surface area contributed by atoms with E-state index in [4.69, 9.17) is 9.47 Å². The van der Waals surface area contributed by atoms with Gasteiger partial charge in [-0.2, -0.15) is 0 Å². The van der Waals surface area contributed by atoms with E-state index < -0.39 is 0 Å². The van der Waals surface area contributed by atoms with Crippen LogP contribution in [0, 0.1) is 0 Å². The van der Waals surface area contributed by atoms with Crippen LogP contribution in [0.15, 0.2) is 48.5 Å². The summed E-state index contributed by atoms with van der Waals surface area (Å²) in [6, 6.07) is 16.1. The van der Waals surface area contributed by atoms with Gasteiger partial charge < -0.3 is 19.7 Å². The molecule has 5 heteroatoms. The monoisotopic (exact) mass is 394 g/mol. The van der Waals surface area contributed by atoms with E-state index in [9.17, 15) is 4.79 Å². The summed E-state index contributed by atoms with van der Waals surface area (Å²) >= 11 is 0. The van der Waals surface area contributed by atoms with Gasteiger partial charge in [-0.25, -0.2) is 0 Å². The van der Waals surface area contributed by atoms with Gasteiger partial charge in [0.2, 0.25) is 0 Å². The van der Waals surface area contributed by atoms with Gasteiger partial charge in [-0.3, -0.25) is 4.79 Å². The highest BCUT2D eigenvalue weighted by Crippen LogP contribution is 2.39. The molecule has 0 saturated heterocycles. The summed E-state index contributed by atoms with van der Waals surface area (Å²) in [6.45, 7) is 3.61. The van der Waals surface area contributed by atoms with Gasteiger partial charge >= 0.3 is 0 Å². The molecule has 1 saturated carbocycles. The molecule has 1 N–H and O–H groups in total. The van der Waals surface area contributed by atoms with Crippen molar-refractivity contribution >= 4 is 5.91 Å². The molecule has 0 atom stereocenters. The van der Waals surface area contributed by atoms with Crippen LogP contribution in [0.4, 0.5) is 0 Å². The zero-order valence-corrected chi connectivity index (χ0v) is 17.3. The van der Waals surface area contributed by atoms with Gasteiger partial charge in [0.25, 0.3) is 5.91 Å². The molecule has 1 aliphatic heterocycles. The van der Waals surface area contributed by atoms with Crippen LogP contribution < -0.4 is 14.8 Å². The van der Waals surface area contributed by atoms with Crippen molar-refractivity contribution in [1.82, 2.24) is 10.2 Å². The highest BCUT2D eigenvalue weighted by molar-refractivity contribution is 5.97. The van der Waals surface area contributed by atoms with Crippen LogP contribution in [0.3, 0.4) is 0 Å². The Morgan fingerprint density at radius 3 is 2.66 bits per heavy atom. The maximum Gasteiger partial charge on any atom is 0.258 e. The number of carbonyl (C=O) groups is 1. The number of rotatable bonds is 4. The molecule has 1 aliphatic carbocycles. The fourth-order valence-corrected chi connectivity index (χ4v) is 4.54. The molecule has 1 spiro atoms. The predicted molar refractivity (Wildman–Crippen MR) is 113 cm³/mol. The molecule has 1 heterocycles. The molecule has 154 valence electrons. The molecular weight excluding hydrogens is 364 g/mol. The minimum absolute atomic E-state index is 0.00414. The summed E-state index contributed by atoms with van der Waals surface area (Å²) in [5.41, 5.74) is 1.34. The third kappa shape index (κ3) is 4.10. The molecule has 1 fully saturated rings. The lowest BCUT2D eigenvalue weighted by atomic mass is 9.81. The number of benzene rings is 2. The molecule has 0 bridgehead atoms. The van der Waals surface area contributed by atoms with Crippen LogP contribution in [-0.2, 0) is 6.54 Å². The number of amides is 1. The topological polar surface area (TPSA) is 50.8 Å². The number of para-hydroxylation sites is 2. The van der Waals surface area contributed by atoms with Crippen molar-refractivity contribution in [1.29, 1.82) is 0 Å². The smallest absolute Gasteiger partial charge is 0.258 e. The molecule has 0 unspecified atom stereocenters. The summed E-state index contributed by atoms with van der Waals surface area (Å²) < 4.78 is 12.3. The van der Waals surface area contributed by atoms with E-state index in [1.807, 2.05) is 61.3 Å². The molecule has 0 aromatic heterocycles. The summed E-state index contributed by atoms with van der Waals surface area (Å²) in [5, 5.41) is 3.39. The second-order valence-electron chi connectivity index (χ2n) is 8.05. The minimum atomic E-state index is -0.337. The first-order valence-corrected chi connectivity index (χ1v) is 10.6. The Kier molecular flexibility index (Phi) is 5.76. The van der Waals surface area contributed by atoms with E-state index in [1.54, 1.807) is 0 Å². The number of hydrogen-bond acceptors (Lipinski definition) is 4. The van der Waals surface area contributed by atoms with Gasteiger partial charge in [-0.05, 0) is 57.9 Å². The fraction of sp³-hybridized carbons (Fsp3) is 0.458. The largest absolute Gasteiger partial charge is 0.493 e. The molecule has 2 aromatic carbocycles. The van der Waals surface area contributed by atoms with Gasteiger partial charge in [-0.15, -0.1) is 0 Å². The molecule has 29 heavy (non-hydrogen) atoms. The minimum Gasteiger partial charge on any atom is -0.493 e. The Bertz CT molecular complexity index is 859. The van der Waals surface area contributed by atoms with Gasteiger partial charge in [0.05, 0.1) is 18.7 Å². The third-order valence-electron chi connectivity index (χ3n) is 6.15. The maximum absolute atomic E-state index is 13.6. The van der Waals surface area contributed by atoms with E-state index in [0.717, 1.165) is 37.0 Å². The average molecular weight is 395 g/mol. The molecule has 0 radical (unpaired) electrons. The van der Waals surface area contributed by atoms with Crippen molar-refractivity contribution in [2.45, 2.75) is 50.8 Å². The number of nitrogens with zero attached hydrogens (tertiary/aromatic N) is 1. The fourth-order valence-electron chi connectivity index (χ4n) is 4.54. The highest BCUT2D eigenvalue weighted by Gasteiger charge is 2.42. The Morgan fingerprint density at radius 2 is 1.90 bits per heavy atom. The SMILES string of the molecule is CCOc1ccccc1C(=O)N1Cc2ccccc2OC2(CCC(NC)CC2)C1. The van der Waals surface area contributed by atoms with Crippen molar-refractivity contribution in [2.24, 2.45) is 0 Å². The van der Waals surface area contributed by atoms with Crippen molar-refractivity contribution in [3.05, 3.63) is 59.7 Å². The lowest BCUT2D eigenvalue weighted by molar-refractivity contribution is 0.000340. The number of hydrogen-bond donors (Lipinski definition) is 1. The Hall–Kier alpha value is -2.53. The van der Waals surface area contributed by atoms with E-state index in [-0.39, 0.29) is 11.5 Å². The average Bonchev–Trinajstić information content (AvgIpc) is 2.91. The summed E-state index contributed by atoms with van der Waals surface area (Å²) in [4.78, 5) is 15.5. The van der Waals surface area contributed by atoms with E-state index in [1.165, 1.54) is 0 Å². The number of ether oxygens (including phenoxy) is 2. The number of carbonyl (C=O) groups excluding carboxylic acids is 1.